The number of thioether (sulfide) groups is 1. The van der Waals surface area contributed by atoms with Gasteiger partial charge in [0.15, 0.2) is 0 Å². The highest BCUT2D eigenvalue weighted by Crippen LogP contribution is 2.23. The summed E-state index contributed by atoms with van der Waals surface area (Å²) in [4.78, 5) is 133. The van der Waals surface area contributed by atoms with Gasteiger partial charge in [-0.1, -0.05) is 76.2 Å². The smallest absolute Gasteiger partial charge is 0.243 e. The van der Waals surface area contributed by atoms with Crippen LogP contribution in [0.25, 0.3) is 10.9 Å². The molecule has 76 heavy (non-hydrogen) atoms. The average Bonchev–Trinajstić information content (AvgIpc) is 4.17. The lowest BCUT2D eigenvalue weighted by atomic mass is 10.0. The quantitative estimate of drug-likeness (QED) is 0.0346. The van der Waals surface area contributed by atoms with E-state index in [0.29, 0.717) is 48.8 Å². The molecule has 412 valence electrons. The molecule has 12 N–H and O–H groups in total. The summed E-state index contributed by atoms with van der Waals surface area (Å²) < 4.78 is 0. The van der Waals surface area contributed by atoms with Crippen molar-refractivity contribution >= 4 is 75.8 Å². The summed E-state index contributed by atoms with van der Waals surface area (Å²) in [5.74, 6) is -4.34. The molecule has 0 saturated carbocycles. The highest BCUT2D eigenvalue weighted by Gasteiger charge is 2.35. The largest absolute Gasteiger partial charge is 0.370 e. The Morgan fingerprint density at radius 2 is 1.42 bits per heavy atom. The number of benzene rings is 2. The molecule has 1 unspecified atom stereocenters. The Morgan fingerprint density at radius 1 is 0.737 bits per heavy atom. The number of primary amides is 1. The third-order valence-electron chi connectivity index (χ3n) is 12.8. The van der Waals surface area contributed by atoms with Crippen molar-refractivity contribution in [2.75, 3.05) is 31.3 Å². The number of aryl methyl sites for hydroxylation is 1. The van der Waals surface area contributed by atoms with Crippen molar-refractivity contribution in [3.8, 4) is 0 Å². The molecule has 0 spiro atoms. The molecule has 4 aromatic rings. The number of para-hydroxylation sites is 1. The van der Waals surface area contributed by atoms with Crippen molar-refractivity contribution in [2.24, 2.45) is 17.6 Å². The molecular formula is C53H75N13O9S. The highest BCUT2D eigenvalue weighted by atomic mass is 32.2. The second kappa shape index (κ2) is 29.7. The summed E-state index contributed by atoms with van der Waals surface area (Å²) in [6, 6.07) is 9.94. The minimum atomic E-state index is -1.29. The molecule has 0 aliphatic carbocycles. The molecule has 22 nitrogen and oxygen atoms in total. The fourth-order valence-electron chi connectivity index (χ4n) is 8.79. The third kappa shape index (κ3) is 18.8. The molecule has 7 atom stereocenters. The SMILES string of the molecule is CCNC(=O)C1CSCN1C[C@H](CC(C)C)NC(=O)[C@H](Cc1cnc[nH]1)NC(=O)CNC(=O)[C@@H](NC(=O)[C@H](C)NC(=O)[C@H](Cc1c[nH]c2ccccc12)NC(=O)[C@H](CCC(N)=O)NC(=O)CCc1ccccc1)C(C)C. The maximum absolute atomic E-state index is 14.2. The van der Waals surface area contributed by atoms with Crippen molar-refractivity contribution < 1.29 is 43.2 Å². The van der Waals surface area contributed by atoms with Gasteiger partial charge < -0.3 is 58.2 Å². The monoisotopic (exact) mass is 1070 g/mol. The first-order valence-corrected chi connectivity index (χ1v) is 27.0. The van der Waals surface area contributed by atoms with E-state index in [1.807, 2.05) is 75.4 Å². The Balaban J connectivity index is 1.22. The second-order valence-corrected chi connectivity index (χ2v) is 20.8. The number of amides is 9. The second-order valence-electron chi connectivity index (χ2n) is 19.8. The Labute approximate surface area is 447 Å². The molecule has 1 saturated heterocycles. The van der Waals surface area contributed by atoms with E-state index in [-0.39, 0.29) is 56.0 Å². The summed E-state index contributed by atoms with van der Waals surface area (Å²) in [7, 11) is 0. The number of aromatic amines is 2. The van der Waals surface area contributed by atoms with Crippen molar-refractivity contribution in [3.63, 3.8) is 0 Å². The van der Waals surface area contributed by atoms with Gasteiger partial charge >= 0.3 is 0 Å². The highest BCUT2D eigenvalue weighted by molar-refractivity contribution is 7.99. The minimum absolute atomic E-state index is 0.0418. The molecular weight excluding hydrogens is 995 g/mol. The van der Waals surface area contributed by atoms with E-state index < -0.39 is 89.9 Å². The van der Waals surface area contributed by atoms with Gasteiger partial charge in [-0.15, -0.1) is 11.8 Å². The van der Waals surface area contributed by atoms with E-state index in [4.69, 9.17) is 5.73 Å². The number of aromatic nitrogens is 3. The topological polar surface area (TPSA) is 324 Å². The van der Waals surface area contributed by atoms with Gasteiger partial charge in [-0.3, -0.25) is 48.1 Å². The number of hydrogen-bond donors (Lipinski definition) is 11. The number of carbonyl (C=O) groups excluding carboxylic acids is 9. The predicted octanol–water partition coefficient (Wildman–Crippen LogP) is 0.832. The van der Waals surface area contributed by atoms with Crippen LogP contribution in [0.15, 0.2) is 73.3 Å². The van der Waals surface area contributed by atoms with Crippen LogP contribution in [0.4, 0.5) is 0 Å². The molecule has 0 bridgehead atoms. The van der Waals surface area contributed by atoms with Crippen molar-refractivity contribution in [3.05, 3.63) is 90.1 Å². The van der Waals surface area contributed by atoms with Gasteiger partial charge in [-0.2, -0.15) is 0 Å². The van der Waals surface area contributed by atoms with Crippen LogP contribution in [0.1, 0.15) is 84.0 Å². The lowest BCUT2D eigenvalue weighted by molar-refractivity contribution is -0.135. The summed E-state index contributed by atoms with van der Waals surface area (Å²) >= 11 is 1.64. The zero-order valence-electron chi connectivity index (χ0n) is 44.2. The van der Waals surface area contributed by atoms with Gasteiger partial charge in [0.2, 0.25) is 53.2 Å². The van der Waals surface area contributed by atoms with Crippen molar-refractivity contribution in [1.29, 1.82) is 0 Å². The first-order valence-electron chi connectivity index (χ1n) is 25.8. The van der Waals surface area contributed by atoms with E-state index in [2.05, 4.69) is 62.4 Å². The van der Waals surface area contributed by atoms with E-state index in [1.54, 1.807) is 38.0 Å². The molecule has 23 heteroatoms. The summed E-state index contributed by atoms with van der Waals surface area (Å²) in [5.41, 5.74) is 8.37. The summed E-state index contributed by atoms with van der Waals surface area (Å²) in [6.07, 6.45) is 5.41. The number of nitrogens with one attached hydrogen (secondary N) is 10. The standard InChI is InChI=1S/C53H75N13O9S/c1-7-56-52(74)43-28-76-30-66(43)27-37(21-31(2)3)61-51(73)42(23-36-25-55-29-59-36)63-46(69)26-58-53(75)47(32(4)5)65-48(70)33(6)60-50(72)41(22-35-24-57-39-16-12-11-15-38(35)39)64-49(71)40(18-19-44(54)67)62-45(68)20-17-34-13-9-8-10-14-34/h8-16,24-25,29,31-33,37,40-43,47,57H,7,17-23,26-28,30H2,1-6H3,(H2,54,67)(H,55,59)(H,56,74)(H,58,75)(H,60,72)(H,61,73)(H,62,68)(H,63,69)(H,64,71)(H,65,70)/t33-,37-,40-,41-,42-,43?,47-/m0/s1. The first kappa shape index (κ1) is 59.6. The number of fused-ring (bicyclic) bond motifs is 1. The van der Waals surface area contributed by atoms with Crippen LogP contribution in [-0.2, 0) is 62.4 Å². The predicted molar refractivity (Wildman–Crippen MR) is 289 cm³/mol. The molecule has 1 aliphatic heterocycles. The summed E-state index contributed by atoms with van der Waals surface area (Å²) in [6.45, 7) is 11.1. The Kier molecular flexibility index (Phi) is 23.3. The minimum Gasteiger partial charge on any atom is -0.370 e. The van der Waals surface area contributed by atoms with Gasteiger partial charge in [-0.25, -0.2) is 4.98 Å². The number of carbonyl (C=O) groups is 9. The molecule has 3 heterocycles. The number of H-pyrrole nitrogens is 2. The molecule has 1 fully saturated rings. The molecule has 2 aromatic carbocycles. The number of nitrogens with zero attached hydrogens (tertiary/aromatic N) is 2. The van der Waals surface area contributed by atoms with Crippen LogP contribution in [0.3, 0.4) is 0 Å². The third-order valence-corrected chi connectivity index (χ3v) is 13.8. The number of rotatable bonds is 30. The van der Waals surface area contributed by atoms with Crippen molar-refractivity contribution in [1.82, 2.24) is 62.4 Å². The average molecular weight is 1070 g/mol. The molecule has 1 aliphatic rings. The molecule has 5 rings (SSSR count). The lowest BCUT2D eigenvalue weighted by Crippen LogP contribution is -2.59. The molecule has 2 aromatic heterocycles. The van der Waals surface area contributed by atoms with Gasteiger partial charge in [-0.05, 0) is 62.1 Å². The van der Waals surface area contributed by atoms with E-state index in [9.17, 15) is 43.2 Å². The van der Waals surface area contributed by atoms with Gasteiger partial charge in [0.05, 0.1) is 18.9 Å². The van der Waals surface area contributed by atoms with Gasteiger partial charge in [0.1, 0.15) is 30.2 Å². The molecule has 0 radical (unpaired) electrons. The number of likely N-dealkylation sites (N-methyl/N-ethyl adjacent to an activating group) is 1. The zero-order valence-corrected chi connectivity index (χ0v) is 45.0. The maximum atomic E-state index is 14.2. The van der Waals surface area contributed by atoms with Crippen LogP contribution < -0.4 is 48.3 Å². The Hall–Kier alpha value is -7.27. The van der Waals surface area contributed by atoms with Gasteiger partial charge in [0, 0.05) is 85.4 Å². The maximum Gasteiger partial charge on any atom is 0.243 e. The normalized spacial score (nSPS) is 15.9. The Bertz CT molecular complexity index is 2590. The molecule has 9 amide bonds. The fraction of sp³-hybridized carbons (Fsp3) is 0.509. The van der Waals surface area contributed by atoms with Crippen LogP contribution in [0.2, 0.25) is 0 Å². The summed E-state index contributed by atoms with van der Waals surface area (Å²) in [5, 5.41) is 22.8. The van der Waals surface area contributed by atoms with Crippen LogP contribution in [0, 0.1) is 11.8 Å². The van der Waals surface area contributed by atoms with E-state index in [0.717, 1.165) is 16.5 Å². The van der Waals surface area contributed by atoms with Crippen LogP contribution in [0.5, 0.6) is 0 Å². The van der Waals surface area contributed by atoms with Crippen molar-refractivity contribution in [2.45, 2.75) is 129 Å². The van der Waals surface area contributed by atoms with Crippen LogP contribution in [-0.4, -0.2) is 147 Å². The first-order chi connectivity index (χ1) is 36.3. The van der Waals surface area contributed by atoms with Crippen LogP contribution >= 0.6 is 11.8 Å². The van der Waals surface area contributed by atoms with Gasteiger partial charge in [0.25, 0.3) is 0 Å². The number of hydrogen-bond acceptors (Lipinski definition) is 12. The Morgan fingerprint density at radius 3 is 2.11 bits per heavy atom. The number of nitrogens with two attached hydrogens (primary N) is 1. The zero-order chi connectivity index (χ0) is 55.3. The van der Waals surface area contributed by atoms with E-state index in [1.165, 1.54) is 13.3 Å². The fourth-order valence-corrected chi connectivity index (χ4v) is 10.0. The van der Waals surface area contributed by atoms with E-state index >= 15 is 0 Å². The number of imidazole rings is 1. The lowest BCUT2D eigenvalue weighted by Gasteiger charge is -2.30.